The molecule has 0 amide bonds. The first-order valence-electron chi connectivity index (χ1n) is 5.68. The lowest BCUT2D eigenvalue weighted by atomic mass is 10.2. The summed E-state index contributed by atoms with van der Waals surface area (Å²) in [6.07, 6.45) is 0. The number of phenols is 1. The molecule has 0 aliphatic rings. The zero-order valence-corrected chi connectivity index (χ0v) is 15.7. The number of hydrogen-bond acceptors (Lipinski definition) is 9. The van der Waals surface area contributed by atoms with Crippen LogP contribution in [0.4, 0.5) is 0 Å². The van der Waals surface area contributed by atoms with E-state index in [0.29, 0.717) is 0 Å². The number of phosphoric ester groups is 4. The van der Waals surface area contributed by atoms with Gasteiger partial charge in [-0.1, -0.05) is 0 Å². The predicted molar refractivity (Wildman–Crippen MR) is 78.8 cm³/mol. The molecule has 0 radical (unpaired) electrons. The summed E-state index contributed by atoms with van der Waals surface area (Å²) in [5.41, 5.74) is 0. The highest BCUT2D eigenvalue weighted by Gasteiger charge is 2.36. The largest absolute Gasteiger partial charge is 0.525 e. The molecule has 0 saturated heterocycles. The van der Waals surface area contributed by atoms with E-state index >= 15 is 0 Å². The van der Waals surface area contributed by atoms with Gasteiger partial charge in [0.25, 0.3) is 0 Å². The molecule has 0 aliphatic carbocycles. The van der Waals surface area contributed by atoms with Crippen LogP contribution < -0.4 is 18.1 Å². The molecule has 1 rings (SSSR count). The Hall–Kier alpha value is -1.18. The lowest BCUT2D eigenvalue weighted by Crippen LogP contribution is -2.03. The molecule has 0 heterocycles. The minimum atomic E-state index is -5.69. The highest BCUT2D eigenvalue weighted by atomic mass is 31.2. The minimum absolute atomic E-state index is 0.0988. The van der Waals surface area contributed by atoms with Crippen LogP contribution in [0, 0.1) is 0 Å². The van der Waals surface area contributed by atoms with Crippen LogP contribution >= 0.6 is 31.3 Å². The summed E-state index contributed by atoms with van der Waals surface area (Å²) in [6, 6.07) is 0.0988. The van der Waals surface area contributed by atoms with Gasteiger partial charge in [-0.05, 0) is 0 Å². The number of hydrogen-bond donors (Lipinski definition) is 9. The molecular formula is C6H10O17P4. The first-order chi connectivity index (χ1) is 11.8. The average molecular weight is 478 g/mol. The van der Waals surface area contributed by atoms with Gasteiger partial charge in [0.05, 0.1) is 0 Å². The molecule has 1 aromatic rings. The lowest BCUT2D eigenvalue weighted by Gasteiger charge is -2.20. The fourth-order valence-corrected chi connectivity index (χ4v) is 3.02. The molecule has 0 aromatic heterocycles. The van der Waals surface area contributed by atoms with E-state index in [0.717, 1.165) is 0 Å². The van der Waals surface area contributed by atoms with Crippen molar-refractivity contribution in [3.63, 3.8) is 0 Å². The summed E-state index contributed by atoms with van der Waals surface area (Å²) >= 11 is 0. The van der Waals surface area contributed by atoms with Gasteiger partial charge in [0.15, 0.2) is 11.5 Å². The van der Waals surface area contributed by atoms with E-state index < -0.39 is 60.0 Å². The van der Waals surface area contributed by atoms with Crippen LogP contribution in [0.2, 0.25) is 0 Å². The molecule has 0 atom stereocenters. The molecule has 9 N–H and O–H groups in total. The number of benzene rings is 1. The van der Waals surface area contributed by atoms with Gasteiger partial charge in [0.1, 0.15) is 0 Å². The van der Waals surface area contributed by atoms with Crippen molar-refractivity contribution >= 4 is 31.3 Å². The van der Waals surface area contributed by atoms with Gasteiger partial charge in [-0.25, -0.2) is 18.3 Å². The van der Waals surface area contributed by atoms with Crippen molar-refractivity contribution in [2.45, 2.75) is 0 Å². The summed E-state index contributed by atoms with van der Waals surface area (Å²) < 4.78 is 59.7. The fourth-order valence-electron chi connectivity index (χ4n) is 1.40. The van der Waals surface area contributed by atoms with Crippen molar-refractivity contribution in [2.24, 2.45) is 0 Å². The van der Waals surface area contributed by atoms with E-state index in [1.54, 1.807) is 0 Å². The zero-order chi connectivity index (χ0) is 21.4. The number of rotatable bonds is 8. The van der Waals surface area contributed by atoms with Crippen molar-refractivity contribution in [1.82, 2.24) is 0 Å². The van der Waals surface area contributed by atoms with Crippen molar-refractivity contribution < 1.29 is 80.6 Å². The smallest absolute Gasteiger partial charge is 0.504 e. The molecule has 0 aliphatic heterocycles. The Bertz CT molecular complexity index is 896. The number of aromatic hydroxyl groups is 1. The molecule has 1 aromatic carbocycles. The highest BCUT2D eigenvalue weighted by Crippen LogP contribution is 2.61. The third-order valence-corrected chi connectivity index (χ3v) is 3.68. The Kier molecular flexibility index (Phi) is 6.79. The summed E-state index contributed by atoms with van der Waals surface area (Å²) in [5.74, 6) is -7.95. The van der Waals surface area contributed by atoms with Gasteiger partial charge in [0, 0.05) is 6.07 Å². The molecule has 27 heavy (non-hydrogen) atoms. The Morgan fingerprint density at radius 3 is 1.26 bits per heavy atom. The van der Waals surface area contributed by atoms with E-state index in [1.165, 1.54) is 0 Å². The average Bonchev–Trinajstić information content (AvgIpc) is 2.32. The second-order valence-electron chi connectivity index (χ2n) is 4.21. The molecule has 0 unspecified atom stereocenters. The molecule has 0 fully saturated rings. The Morgan fingerprint density at radius 1 is 0.556 bits per heavy atom. The normalized spacial score (nSPS) is 13.2. The third-order valence-electron chi connectivity index (χ3n) is 1.98. The predicted octanol–water partition coefficient (Wildman–Crippen LogP) is -0.722. The summed E-state index contributed by atoms with van der Waals surface area (Å²) in [7, 11) is -22.4. The molecule has 156 valence electrons. The van der Waals surface area contributed by atoms with Crippen LogP contribution in [0.1, 0.15) is 0 Å². The molecule has 0 saturated carbocycles. The minimum Gasteiger partial charge on any atom is -0.504 e. The Labute approximate surface area is 147 Å². The topological polar surface area (TPSA) is 287 Å². The number of phosphoric acid groups is 4. The van der Waals surface area contributed by atoms with Crippen LogP contribution in [-0.2, 0) is 18.3 Å². The molecule has 17 nitrogen and oxygen atoms in total. The van der Waals surface area contributed by atoms with Crippen molar-refractivity contribution in [3.8, 4) is 28.7 Å². The first kappa shape index (κ1) is 23.9. The maximum Gasteiger partial charge on any atom is 0.525 e. The second kappa shape index (κ2) is 7.68. The van der Waals surface area contributed by atoms with E-state index in [-0.39, 0.29) is 6.07 Å². The summed E-state index contributed by atoms with van der Waals surface area (Å²) in [6.45, 7) is 0. The van der Waals surface area contributed by atoms with E-state index in [2.05, 4.69) is 18.1 Å². The van der Waals surface area contributed by atoms with Crippen molar-refractivity contribution in [2.75, 3.05) is 0 Å². The summed E-state index contributed by atoms with van der Waals surface area (Å²) in [5, 5.41) is 9.67. The highest BCUT2D eigenvalue weighted by molar-refractivity contribution is 7.47. The monoisotopic (exact) mass is 478 g/mol. The van der Waals surface area contributed by atoms with Crippen LogP contribution in [0.5, 0.6) is 28.7 Å². The number of phenolic OH excluding ortho intramolecular Hbond substituents is 1. The quantitative estimate of drug-likeness (QED) is 0.208. The molecule has 0 bridgehead atoms. The van der Waals surface area contributed by atoms with Gasteiger partial charge in [0.2, 0.25) is 17.2 Å². The Balaban J connectivity index is 3.88. The fraction of sp³-hybridized carbons (Fsp3) is 0. The molecule has 21 heteroatoms. The Morgan fingerprint density at radius 2 is 0.889 bits per heavy atom. The van der Waals surface area contributed by atoms with Crippen molar-refractivity contribution in [1.29, 1.82) is 0 Å². The SMILES string of the molecule is O=P(O)(O)Oc1cc(O)c(OP(=O)(O)O)c(OP(=O)(O)O)c1OP(=O)(O)O. The summed E-state index contributed by atoms with van der Waals surface area (Å²) in [4.78, 5) is 70.5. The van der Waals surface area contributed by atoms with E-state index in [4.69, 9.17) is 39.1 Å². The third kappa shape index (κ3) is 8.58. The first-order valence-corrected chi connectivity index (χ1v) is 11.8. The zero-order valence-electron chi connectivity index (χ0n) is 12.2. The maximum absolute atomic E-state index is 11.0. The van der Waals surface area contributed by atoms with Gasteiger partial charge >= 0.3 is 31.3 Å². The molecule has 0 spiro atoms. The van der Waals surface area contributed by atoms with E-state index in [1.807, 2.05) is 0 Å². The standard InChI is InChI=1S/C6H10O17P4/c7-2-1-3(20-24(8,9)10)5(22-26(14,15)16)6(23-27(17,18)19)4(2)21-25(11,12)13/h1,7H,(H2,8,9,10)(H2,11,12,13)(H2,14,15,16)(H2,17,18,19). The van der Waals surface area contributed by atoms with Gasteiger partial charge in [-0.15, -0.1) is 0 Å². The second-order valence-corrected chi connectivity index (χ2v) is 8.86. The van der Waals surface area contributed by atoms with Gasteiger partial charge in [-0.3, -0.25) is 39.1 Å². The maximum atomic E-state index is 11.0. The van der Waals surface area contributed by atoms with Crippen LogP contribution in [0.15, 0.2) is 6.07 Å². The molecular weight excluding hydrogens is 468 g/mol. The van der Waals surface area contributed by atoms with Crippen molar-refractivity contribution in [3.05, 3.63) is 6.07 Å². The van der Waals surface area contributed by atoms with Crippen LogP contribution in [0.3, 0.4) is 0 Å². The van der Waals surface area contributed by atoms with Crippen LogP contribution in [0.25, 0.3) is 0 Å². The van der Waals surface area contributed by atoms with Crippen LogP contribution in [-0.4, -0.2) is 44.3 Å². The van der Waals surface area contributed by atoms with E-state index in [9.17, 15) is 23.4 Å². The van der Waals surface area contributed by atoms with Gasteiger partial charge < -0.3 is 23.2 Å². The lowest BCUT2D eigenvalue weighted by molar-refractivity contribution is 0.243. The van der Waals surface area contributed by atoms with Gasteiger partial charge in [-0.2, -0.15) is 0 Å².